The Balaban J connectivity index is 1.84. The minimum atomic E-state index is 0.0338. The third-order valence-electron chi connectivity index (χ3n) is 3.46. The molecule has 2 N–H and O–H groups in total. The number of anilines is 1. The molecular formula is C16H16ClN3O. The average molecular weight is 302 g/mol. The van der Waals surface area contributed by atoms with Crippen molar-refractivity contribution in [3.63, 3.8) is 0 Å². The summed E-state index contributed by atoms with van der Waals surface area (Å²) in [5.74, 6) is 0.915. The molecule has 0 aliphatic carbocycles. The molecule has 0 aromatic heterocycles. The molecule has 0 fully saturated rings. The number of hydrogen-bond acceptors (Lipinski definition) is 4. The van der Waals surface area contributed by atoms with Gasteiger partial charge in [-0.2, -0.15) is 5.10 Å². The second-order valence-electron chi connectivity index (χ2n) is 4.87. The molecule has 0 spiro atoms. The molecule has 2 aromatic carbocycles. The van der Waals surface area contributed by atoms with Crippen molar-refractivity contribution in [3.8, 4) is 0 Å². The number of hydrogen-bond donors (Lipinski definition) is 2. The SMILES string of the molecule is OCc1cccc(N2CNN=C2Cc2ccccc2Cl)c1. The van der Waals surface area contributed by atoms with Crippen LogP contribution < -0.4 is 10.3 Å². The standard InChI is InChI=1S/C16H16ClN3O/c17-15-7-2-1-5-13(15)9-16-19-18-11-20(16)14-6-3-4-12(8-14)10-21/h1-8,18,21H,9-11H2. The van der Waals surface area contributed by atoms with E-state index in [-0.39, 0.29) is 6.61 Å². The third kappa shape index (κ3) is 3.01. The fourth-order valence-electron chi connectivity index (χ4n) is 2.36. The summed E-state index contributed by atoms with van der Waals surface area (Å²) in [5, 5.41) is 14.4. The van der Waals surface area contributed by atoms with Crippen LogP contribution in [0.15, 0.2) is 53.6 Å². The van der Waals surface area contributed by atoms with E-state index in [4.69, 9.17) is 11.6 Å². The first-order valence-corrected chi connectivity index (χ1v) is 7.16. The quantitative estimate of drug-likeness (QED) is 0.913. The second-order valence-corrected chi connectivity index (χ2v) is 5.28. The number of rotatable bonds is 4. The van der Waals surface area contributed by atoms with Crippen LogP contribution in [0.4, 0.5) is 5.69 Å². The van der Waals surface area contributed by atoms with Gasteiger partial charge in [0, 0.05) is 17.1 Å². The molecule has 0 atom stereocenters. The summed E-state index contributed by atoms with van der Waals surface area (Å²) in [6.07, 6.45) is 0.663. The molecule has 1 heterocycles. The molecule has 21 heavy (non-hydrogen) atoms. The van der Waals surface area contributed by atoms with Gasteiger partial charge >= 0.3 is 0 Å². The highest BCUT2D eigenvalue weighted by Crippen LogP contribution is 2.22. The van der Waals surface area contributed by atoms with Gasteiger partial charge in [-0.05, 0) is 29.3 Å². The van der Waals surface area contributed by atoms with Gasteiger partial charge in [-0.1, -0.05) is 41.9 Å². The lowest BCUT2D eigenvalue weighted by Crippen LogP contribution is -2.30. The molecule has 1 aliphatic rings. The number of halogens is 1. The van der Waals surface area contributed by atoms with E-state index in [1.54, 1.807) is 0 Å². The summed E-state index contributed by atoms with van der Waals surface area (Å²) in [4.78, 5) is 2.09. The largest absolute Gasteiger partial charge is 0.392 e. The normalized spacial score (nSPS) is 14.0. The molecule has 0 bridgehead atoms. The Hall–Kier alpha value is -2.04. The van der Waals surface area contributed by atoms with E-state index in [2.05, 4.69) is 15.4 Å². The Morgan fingerprint density at radius 1 is 1.19 bits per heavy atom. The fraction of sp³-hybridized carbons (Fsp3) is 0.188. The van der Waals surface area contributed by atoms with Crippen LogP contribution in [0.25, 0.3) is 0 Å². The third-order valence-corrected chi connectivity index (χ3v) is 3.83. The maximum Gasteiger partial charge on any atom is 0.135 e. The zero-order valence-corrected chi connectivity index (χ0v) is 12.2. The van der Waals surface area contributed by atoms with E-state index in [0.717, 1.165) is 27.7 Å². The highest BCUT2D eigenvalue weighted by molar-refractivity contribution is 6.31. The summed E-state index contributed by atoms with van der Waals surface area (Å²) in [6.45, 7) is 0.654. The van der Waals surface area contributed by atoms with Crippen LogP contribution in [-0.2, 0) is 13.0 Å². The molecule has 0 saturated carbocycles. The van der Waals surface area contributed by atoms with E-state index in [9.17, 15) is 5.11 Å². The highest BCUT2D eigenvalue weighted by Gasteiger charge is 2.19. The van der Waals surface area contributed by atoms with Crippen LogP contribution in [0.3, 0.4) is 0 Å². The zero-order chi connectivity index (χ0) is 14.7. The smallest absolute Gasteiger partial charge is 0.135 e. The number of nitrogens with zero attached hydrogens (tertiary/aromatic N) is 2. The van der Waals surface area contributed by atoms with Gasteiger partial charge in [-0.3, -0.25) is 5.43 Å². The molecule has 0 radical (unpaired) electrons. The van der Waals surface area contributed by atoms with Gasteiger partial charge in [-0.15, -0.1) is 0 Å². The molecule has 108 valence electrons. The molecule has 1 aliphatic heterocycles. The fourth-order valence-corrected chi connectivity index (χ4v) is 2.56. The van der Waals surface area contributed by atoms with Gasteiger partial charge in [0.15, 0.2) is 0 Å². The van der Waals surface area contributed by atoms with E-state index in [0.29, 0.717) is 13.1 Å². The number of aliphatic hydroxyl groups excluding tert-OH is 1. The lowest BCUT2D eigenvalue weighted by atomic mass is 10.1. The molecular weight excluding hydrogens is 286 g/mol. The maximum absolute atomic E-state index is 9.26. The molecule has 0 unspecified atom stereocenters. The summed E-state index contributed by atoms with van der Waals surface area (Å²) >= 11 is 6.22. The van der Waals surface area contributed by atoms with Crippen LogP contribution in [0.1, 0.15) is 11.1 Å². The second kappa shape index (κ2) is 6.16. The topological polar surface area (TPSA) is 47.9 Å². The number of aliphatic hydroxyl groups is 1. The summed E-state index contributed by atoms with van der Waals surface area (Å²) in [7, 11) is 0. The van der Waals surface area contributed by atoms with Crippen molar-refractivity contribution in [2.45, 2.75) is 13.0 Å². The van der Waals surface area contributed by atoms with Gasteiger partial charge in [0.2, 0.25) is 0 Å². The Morgan fingerprint density at radius 2 is 2.05 bits per heavy atom. The van der Waals surface area contributed by atoms with Crippen molar-refractivity contribution in [1.29, 1.82) is 0 Å². The monoisotopic (exact) mass is 301 g/mol. The van der Waals surface area contributed by atoms with Gasteiger partial charge in [0.25, 0.3) is 0 Å². The zero-order valence-electron chi connectivity index (χ0n) is 11.5. The predicted octanol–water partition coefficient (Wildman–Crippen LogP) is 2.76. The first-order valence-electron chi connectivity index (χ1n) is 6.78. The molecule has 2 aromatic rings. The molecule has 0 saturated heterocycles. The van der Waals surface area contributed by atoms with E-state index in [1.807, 2.05) is 48.5 Å². The van der Waals surface area contributed by atoms with E-state index < -0.39 is 0 Å². The number of amidine groups is 1. The van der Waals surface area contributed by atoms with Crippen molar-refractivity contribution < 1.29 is 5.11 Å². The summed E-state index contributed by atoms with van der Waals surface area (Å²) < 4.78 is 0. The highest BCUT2D eigenvalue weighted by atomic mass is 35.5. The van der Waals surface area contributed by atoms with Crippen molar-refractivity contribution in [2.24, 2.45) is 5.10 Å². The Labute approximate surface area is 128 Å². The van der Waals surface area contributed by atoms with Crippen LogP contribution in [0.5, 0.6) is 0 Å². The van der Waals surface area contributed by atoms with Crippen molar-refractivity contribution in [2.75, 3.05) is 11.6 Å². The number of nitrogens with one attached hydrogen (secondary N) is 1. The minimum Gasteiger partial charge on any atom is -0.392 e. The van der Waals surface area contributed by atoms with Crippen LogP contribution in [0, 0.1) is 0 Å². The number of benzene rings is 2. The lowest BCUT2D eigenvalue weighted by Gasteiger charge is -2.20. The van der Waals surface area contributed by atoms with Crippen molar-refractivity contribution >= 4 is 23.1 Å². The predicted molar refractivity (Wildman–Crippen MR) is 85.4 cm³/mol. The molecule has 3 rings (SSSR count). The first kappa shape index (κ1) is 13.9. The van der Waals surface area contributed by atoms with Gasteiger partial charge in [0.1, 0.15) is 12.5 Å². The average Bonchev–Trinajstić information content (AvgIpc) is 2.98. The maximum atomic E-state index is 9.26. The summed E-state index contributed by atoms with van der Waals surface area (Å²) in [5.41, 5.74) is 5.95. The van der Waals surface area contributed by atoms with Crippen LogP contribution in [-0.4, -0.2) is 17.6 Å². The minimum absolute atomic E-state index is 0.0338. The van der Waals surface area contributed by atoms with E-state index in [1.165, 1.54) is 0 Å². The van der Waals surface area contributed by atoms with Crippen molar-refractivity contribution in [1.82, 2.24) is 5.43 Å². The Bertz CT molecular complexity index is 672. The van der Waals surface area contributed by atoms with Gasteiger partial charge in [0.05, 0.1) is 6.61 Å². The van der Waals surface area contributed by atoms with Gasteiger partial charge in [-0.25, -0.2) is 0 Å². The van der Waals surface area contributed by atoms with Gasteiger partial charge < -0.3 is 10.0 Å². The molecule has 4 nitrogen and oxygen atoms in total. The van der Waals surface area contributed by atoms with Crippen molar-refractivity contribution in [3.05, 3.63) is 64.7 Å². The summed E-state index contributed by atoms with van der Waals surface area (Å²) in [6, 6.07) is 15.6. The Kier molecular flexibility index (Phi) is 4.08. The van der Waals surface area contributed by atoms with E-state index >= 15 is 0 Å². The van der Waals surface area contributed by atoms with Crippen LogP contribution in [0.2, 0.25) is 5.02 Å². The molecule has 5 heteroatoms. The molecule has 0 amide bonds. The van der Waals surface area contributed by atoms with Crippen LogP contribution >= 0.6 is 11.6 Å². The number of hydrazone groups is 1. The lowest BCUT2D eigenvalue weighted by molar-refractivity contribution is 0.282. The first-order chi connectivity index (χ1) is 10.3. The Morgan fingerprint density at radius 3 is 2.86 bits per heavy atom.